The number of hydrogen-bond acceptors (Lipinski definition) is 6. The minimum atomic E-state index is -3.98. The molecule has 3 amide bonds. The van der Waals surface area contributed by atoms with Crippen molar-refractivity contribution in [3.05, 3.63) is 29.5 Å². The molecule has 1 fully saturated rings. The Balaban J connectivity index is 2.40. The van der Waals surface area contributed by atoms with Crippen LogP contribution in [0.5, 0.6) is 11.5 Å². The highest BCUT2D eigenvalue weighted by atomic mass is 32.2. The lowest BCUT2D eigenvalue weighted by Crippen LogP contribution is -2.35. The minimum Gasteiger partial charge on any atom is -0.504 e. The zero-order valence-corrected chi connectivity index (χ0v) is 12.0. The predicted octanol–water partition coefficient (Wildman–Crippen LogP) is 0.253. The van der Waals surface area contributed by atoms with Crippen LogP contribution in [-0.2, 0) is 14.8 Å². The fraction of sp³-hybridized carbons (Fsp3) is 0.167. The molecule has 2 rings (SSSR count). The Morgan fingerprint density at radius 2 is 2.00 bits per heavy atom. The number of benzene rings is 1. The number of hydrogen-bond donors (Lipinski definition) is 2. The molecule has 0 radical (unpaired) electrons. The fourth-order valence-corrected chi connectivity index (χ4v) is 2.52. The first kappa shape index (κ1) is 14.9. The van der Waals surface area contributed by atoms with Gasteiger partial charge in [0, 0.05) is 0 Å². The van der Waals surface area contributed by atoms with Crippen molar-refractivity contribution in [1.82, 2.24) is 9.62 Å². The minimum absolute atomic E-state index is 0.0841. The van der Waals surface area contributed by atoms with Crippen molar-refractivity contribution in [2.24, 2.45) is 0 Å². The number of urea groups is 1. The SMILES string of the molecule is COc1cc(/C=C2\NC(=O)N(S(C)(=O)=O)C2=O)ccc1O. The number of ether oxygens (including phenoxy) is 1. The summed E-state index contributed by atoms with van der Waals surface area (Å²) in [5.74, 6) is -0.866. The van der Waals surface area contributed by atoms with Crippen LogP contribution in [-0.4, -0.2) is 43.1 Å². The topological polar surface area (TPSA) is 113 Å². The van der Waals surface area contributed by atoms with E-state index in [9.17, 15) is 23.1 Å². The molecule has 1 aromatic rings. The van der Waals surface area contributed by atoms with Crippen molar-refractivity contribution < 1.29 is 27.9 Å². The highest BCUT2D eigenvalue weighted by molar-refractivity contribution is 7.89. The van der Waals surface area contributed by atoms with E-state index in [1.54, 1.807) is 0 Å². The van der Waals surface area contributed by atoms with Gasteiger partial charge in [-0.05, 0) is 23.8 Å². The number of phenols is 1. The van der Waals surface area contributed by atoms with Crippen molar-refractivity contribution in [3.8, 4) is 11.5 Å². The molecule has 0 unspecified atom stereocenters. The molecule has 1 heterocycles. The van der Waals surface area contributed by atoms with E-state index in [4.69, 9.17) is 4.74 Å². The number of carbonyl (C=O) groups excluding carboxylic acids is 2. The second-order valence-electron chi connectivity index (χ2n) is 4.25. The maximum absolute atomic E-state index is 11.9. The van der Waals surface area contributed by atoms with Gasteiger partial charge in [0.1, 0.15) is 5.70 Å². The summed E-state index contributed by atoms with van der Waals surface area (Å²) in [5.41, 5.74) is 0.266. The molecule has 112 valence electrons. The van der Waals surface area contributed by atoms with Crippen LogP contribution >= 0.6 is 0 Å². The zero-order valence-electron chi connectivity index (χ0n) is 11.2. The van der Waals surface area contributed by atoms with Gasteiger partial charge in [-0.1, -0.05) is 6.07 Å². The third-order valence-corrected chi connectivity index (χ3v) is 3.68. The van der Waals surface area contributed by atoms with Crippen molar-refractivity contribution in [2.45, 2.75) is 0 Å². The highest BCUT2D eigenvalue weighted by Crippen LogP contribution is 2.27. The molecule has 1 aliphatic heterocycles. The van der Waals surface area contributed by atoms with Crippen LogP contribution in [0.25, 0.3) is 6.08 Å². The summed E-state index contributed by atoms with van der Waals surface area (Å²) in [5, 5.41) is 11.6. The third kappa shape index (κ3) is 2.82. The summed E-state index contributed by atoms with van der Waals surface area (Å²) in [7, 11) is -2.62. The van der Waals surface area contributed by atoms with Crippen LogP contribution in [0.15, 0.2) is 23.9 Å². The largest absolute Gasteiger partial charge is 0.504 e. The standard InChI is InChI=1S/C12H12N2O6S/c1-20-10-6-7(3-4-9(10)15)5-8-11(16)14(12(17)13-8)21(2,18)19/h3-6,15H,1-2H3,(H,13,17)/b8-5-. The van der Waals surface area contributed by atoms with Crippen molar-refractivity contribution >= 4 is 28.0 Å². The average molecular weight is 312 g/mol. The second kappa shape index (κ2) is 5.09. The Labute approximate surface area is 120 Å². The lowest BCUT2D eigenvalue weighted by atomic mass is 10.1. The van der Waals surface area contributed by atoms with Crippen molar-refractivity contribution in [3.63, 3.8) is 0 Å². The molecule has 8 nitrogen and oxygen atoms in total. The monoisotopic (exact) mass is 312 g/mol. The van der Waals surface area contributed by atoms with Crippen molar-refractivity contribution in [2.75, 3.05) is 13.4 Å². The molecule has 2 N–H and O–H groups in total. The van der Waals surface area contributed by atoms with Crippen LogP contribution in [0.4, 0.5) is 4.79 Å². The summed E-state index contributed by atoms with van der Waals surface area (Å²) in [4.78, 5) is 23.4. The number of aromatic hydroxyl groups is 1. The van der Waals surface area contributed by atoms with E-state index in [2.05, 4.69) is 5.32 Å². The number of rotatable bonds is 3. The van der Waals surface area contributed by atoms with Crippen LogP contribution in [0, 0.1) is 0 Å². The van der Waals surface area contributed by atoms with E-state index in [1.807, 2.05) is 0 Å². The molecule has 21 heavy (non-hydrogen) atoms. The van der Waals surface area contributed by atoms with Gasteiger partial charge in [-0.25, -0.2) is 13.2 Å². The molecule has 0 atom stereocenters. The molecule has 1 saturated heterocycles. The first-order valence-corrected chi connectivity index (χ1v) is 7.53. The lowest BCUT2D eigenvalue weighted by molar-refractivity contribution is -0.119. The first-order chi connectivity index (χ1) is 9.74. The quantitative estimate of drug-likeness (QED) is 0.611. The predicted molar refractivity (Wildman–Crippen MR) is 72.9 cm³/mol. The lowest BCUT2D eigenvalue weighted by Gasteiger charge is -2.07. The fourth-order valence-electron chi connectivity index (χ4n) is 1.77. The second-order valence-corrected chi connectivity index (χ2v) is 6.08. The molecule has 0 aliphatic carbocycles. The number of nitrogens with one attached hydrogen (secondary N) is 1. The van der Waals surface area contributed by atoms with Crippen LogP contribution < -0.4 is 10.1 Å². The number of nitrogens with zero attached hydrogens (tertiary/aromatic N) is 1. The summed E-state index contributed by atoms with van der Waals surface area (Å²) in [6.45, 7) is 0. The summed E-state index contributed by atoms with van der Waals surface area (Å²) in [6, 6.07) is 3.23. The van der Waals surface area contributed by atoms with Crippen LogP contribution in [0.1, 0.15) is 5.56 Å². The normalized spacial score (nSPS) is 17.2. The van der Waals surface area contributed by atoms with Crippen molar-refractivity contribution in [1.29, 1.82) is 0 Å². The summed E-state index contributed by atoms with van der Waals surface area (Å²) < 4.78 is 27.8. The van der Waals surface area contributed by atoms with Gasteiger partial charge in [0.2, 0.25) is 10.0 Å². The van der Waals surface area contributed by atoms with E-state index in [-0.39, 0.29) is 21.5 Å². The number of imide groups is 1. The van der Waals surface area contributed by atoms with Crippen LogP contribution in [0.3, 0.4) is 0 Å². The number of carbonyl (C=O) groups is 2. The zero-order chi connectivity index (χ0) is 15.8. The van der Waals surface area contributed by atoms with E-state index >= 15 is 0 Å². The molecule has 1 aliphatic rings. The molecule has 0 saturated carbocycles. The van der Waals surface area contributed by atoms with Gasteiger partial charge in [-0.2, -0.15) is 0 Å². The average Bonchev–Trinajstić information content (AvgIpc) is 2.66. The van der Waals surface area contributed by atoms with Gasteiger partial charge in [-0.15, -0.1) is 4.31 Å². The number of phenolic OH excluding ortho intramolecular Hbond substituents is 1. The van der Waals surface area contributed by atoms with Gasteiger partial charge in [-0.3, -0.25) is 4.79 Å². The number of amides is 3. The highest BCUT2D eigenvalue weighted by Gasteiger charge is 2.40. The molecule has 1 aromatic carbocycles. The van der Waals surface area contributed by atoms with E-state index in [0.29, 0.717) is 5.56 Å². The van der Waals surface area contributed by atoms with Crippen LogP contribution in [0.2, 0.25) is 0 Å². The summed E-state index contributed by atoms with van der Waals surface area (Å²) in [6.07, 6.45) is 2.05. The van der Waals surface area contributed by atoms with E-state index in [1.165, 1.54) is 31.4 Å². The molecule has 0 aromatic heterocycles. The Morgan fingerprint density at radius 1 is 1.33 bits per heavy atom. The van der Waals surface area contributed by atoms with Gasteiger partial charge in [0.25, 0.3) is 5.91 Å². The van der Waals surface area contributed by atoms with E-state index < -0.39 is 22.0 Å². The van der Waals surface area contributed by atoms with Gasteiger partial charge in [0.15, 0.2) is 11.5 Å². The van der Waals surface area contributed by atoms with E-state index in [0.717, 1.165) is 6.26 Å². The molecular weight excluding hydrogens is 300 g/mol. The molecule has 0 bridgehead atoms. The maximum Gasteiger partial charge on any atom is 0.343 e. The Hall–Kier alpha value is -2.55. The Bertz CT molecular complexity index is 753. The van der Waals surface area contributed by atoms with Gasteiger partial charge < -0.3 is 15.2 Å². The summed E-state index contributed by atoms with van der Waals surface area (Å²) >= 11 is 0. The van der Waals surface area contributed by atoms with Gasteiger partial charge >= 0.3 is 6.03 Å². The molecule has 0 spiro atoms. The molecular formula is C12H12N2O6S. The smallest absolute Gasteiger partial charge is 0.343 e. The number of sulfonamides is 1. The Kier molecular flexibility index (Phi) is 3.60. The Morgan fingerprint density at radius 3 is 2.52 bits per heavy atom. The van der Waals surface area contributed by atoms with Gasteiger partial charge in [0.05, 0.1) is 13.4 Å². The number of methoxy groups -OCH3 is 1. The first-order valence-electron chi connectivity index (χ1n) is 5.68. The third-order valence-electron chi connectivity index (χ3n) is 2.69. The molecule has 9 heteroatoms. The maximum atomic E-state index is 11.9.